The molecule has 3 aromatic rings. The van der Waals surface area contributed by atoms with Crippen LogP contribution in [0.15, 0.2) is 84.9 Å². The molecule has 1 N–H and O–H groups in total. The first-order valence-corrected chi connectivity index (χ1v) is 10.3. The van der Waals surface area contributed by atoms with Crippen LogP contribution in [0.25, 0.3) is 0 Å². The van der Waals surface area contributed by atoms with E-state index in [2.05, 4.69) is 5.32 Å². The molecular formula is C26H26N2O2. The van der Waals surface area contributed by atoms with Crippen molar-refractivity contribution in [1.82, 2.24) is 5.32 Å². The average molecular weight is 399 g/mol. The molecule has 3 aromatic carbocycles. The van der Waals surface area contributed by atoms with E-state index in [1.54, 1.807) is 4.90 Å². The van der Waals surface area contributed by atoms with Crippen LogP contribution in [0.2, 0.25) is 0 Å². The third-order valence-electron chi connectivity index (χ3n) is 5.79. The van der Waals surface area contributed by atoms with E-state index in [1.165, 1.54) is 0 Å². The van der Waals surface area contributed by atoms with Crippen molar-refractivity contribution in [2.45, 2.75) is 32.9 Å². The van der Waals surface area contributed by atoms with Crippen LogP contribution in [0.3, 0.4) is 0 Å². The first-order valence-electron chi connectivity index (χ1n) is 10.3. The maximum atomic E-state index is 13.6. The summed E-state index contributed by atoms with van der Waals surface area (Å²) in [6, 6.07) is 27.4. The van der Waals surface area contributed by atoms with Gasteiger partial charge in [0.05, 0.1) is 6.54 Å². The smallest absolute Gasteiger partial charge is 0.242 e. The zero-order valence-electron chi connectivity index (χ0n) is 17.2. The topological polar surface area (TPSA) is 49.4 Å². The molecule has 0 aliphatic heterocycles. The Morgan fingerprint density at radius 1 is 0.867 bits per heavy atom. The molecule has 0 atom stereocenters. The van der Waals surface area contributed by atoms with Gasteiger partial charge in [-0.25, -0.2) is 0 Å². The SMILES string of the molecule is Cc1ccccc1CNC(=O)C1(C(=O)N(Cc2ccccc2)c2ccccc2)CC1. The van der Waals surface area contributed by atoms with E-state index in [1.807, 2.05) is 91.9 Å². The molecule has 4 nitrogen and oxygen atoms in total. The van der Waals surface area contributed by atoms with E-state index in [0.717, 1.165) is 22.4 Å². The van der Waals surface area contributed by atoms with Gasteiger partial charge in [-0.1, -0.05) is 72.8 Å². The summed E-state index contributed by atoms with van der Waals surface area (Å²) in [4.78, 5) is 28.4. The Balaban J connectivity index is 1.54. The number of benzene rings is 3. The molecule has 1 aliphatic carbocycles. The lowest BCUT2D eigenvalue weighted by Gasteiger charge is -2.27. The second-order valence-corrected chi connectivity index (χ2v) is 7.90. The lowest BCUT2D eigenvalue weighted by Crippen LogP contribution is -2.45. The van der Waals surface area contributed by atoms with Crippen LogP contribution >= 0.6 is 0 Å². The zero-order chi connectivity index (χ0) is 21.0. The fourth-order valence-corrected chi connectivity index (χ4v) is 3.73. The second-order valence-electron chi connectivity index (χ2n) is 7.90. The highest BCUT2D eigenvalue weighted by atomic mass is 16.2. The summed E-state index contributed by atoms with van der Waals surface area (Å²) in [5, 5.41) is 3.01. The van der Waals surface area contributed by atoms with E-state index in [-0.39, 0.29) is 11.8 Å². The molecule has 0 radical (unpaired) electrons. The van der Waals surface area contributed by atoms with Crippen molar-refractivity contribution in [3.05, 3.63) is 102 Å². The maximum Gasteiger partial charge on any atom is 0.242 e. The van der Waals surface area contributed by atoms with Crippen LogP contribution < -0.4 is 10.2 Å². The zero-order valence-corrected chi connectivity index (χ0v) is 17.2. The van der Waals surface area contributed by atoms with Gasteiger partial charge in [-0.3, -0.25) is 9.59 Å². The Bertz CT molecular complexity index is 1030. The van der Waals surface area contributed by atoms with Gasteiger partial charge in [0.25, 0.3) is 0 Å². The predicted octanol–water partition coefficient (Wildman–Crippen LogP) is 4.62. The van der Waals surface area contributed by atoms with Gasteiger partial charge in [0, 0.05) is 12.2 Å². The molecule has 1 fully saturated rings. The summed E-state index contributed by atoms with van der Waals surface area (Å²) >= 11 is 0. The number of rotatable bonds is 7. The number of nitrogens with one attached hydrogen (secondary N) is 1. The lowest BCUT2D eigenvalue weighted by atomic mass is 10.0. The molecule has 2 amide bonds. The van der Waals surface area contributed by atoms with E-state index < -0.39 is 5.41 Å². The average Bonchev–Trinajstić information content (AvgIpc) is 3.60. The van der Waals surface area contributed by atoms with Crippen molar-refractivity contribution in [3.63, 3.8) is 0 Å². The summed E-state index contributed by atoms with van der Waals surface area (Å²) in [5.74, 6) is -0.301. The Labute approximate surface area is 177 Å². The van der Waals surface area contributed by atoms with Crippen molar-refractivity contribution in [2.24, 2.45) is 5.41 Å². The van der Waals surface area contributed by atoms with Crippen molar-refractivity contribution < 1.29 is 9.59 Å². The maximum absolute atomic E-state index is 13.6. The molecule has 4 heteroatoms. The Morgan fingerprint density at radius 2 is 1.47 bits per heavy atom. The van der Waals surface area contributed by atoms with Gasteiger partial charge in [0.15, 0.2) is 0 Å². The van der Waals surface area contributed by atoms with Crippen molar-refractivity contribution in [3.8, 4) is 0 Å². The molecule has 1 saturated carbocycles. The fraction of sp³-hybridized carbons (Fsp3) is 0.231. The Hall–Kier alpha value is -3.40. The van der Waals surface area contributed by atoms with Gasteiger partial charge in [-0.15, -0.1) is 0 Å². The number of hydrogen-bond acceptors (Lipinski definition) is 2. The van der Waals surface area contributed by atoms with Crippen molar-refractivity contribution in [2.75, 3.05) is 4.90 Å². The number of carbonyl (C=O) groups excluding carboxylic acids is 2. The van der Waals surface area contributed by atoms with Crippen LogP contribution in [0.1, 0.15) is 29.5 Å². The highest BCUT2D eigenvalue weighted by Gasteiger charge is 2.58. The van der Waals surface area contributed by atoms with E-state index in [0.29, 0.717) is 25.9 Å². The van der Waals surface area contributed by atoms with E-state index in [4.69, 9.17) is 0 Å². The number of hydrogen-bond donors (Lipinski definition) is 1. The van der Waals surface area contributed by atoms with Crippen LogP contribution in [0.5, 0.6) is 0 Å². The molecule has 0 aromatic heterocycles. The third-order valence-corrected chi connectivity index (χ3v) is 5.79. The number of para-hydroxylation sites is 1. The third kappa shape index (κ3) is 4.13. The van der Waals surface area contributed by atoms with Crippen LogP contribution in [-0.4, -0.2) is 11.8 Å². The van der Waals surface area contributed by atoms with Crippen LogP contribution in [0, 0.1) is 12.3 Å². The minimum Gasteiger partial charge on any atom is -0.351 e. The highest BCUT2D eigenvalue weighted by Crippen LogP contribution is 2.48. The van der Waals surface area contributed by atoms with E-state index >= 15 is 0 Å². The predicted molar refractivity (Wildman–Crippen MR) is 119 cm³/mol. The molecule has 152 valence electrons. The molecule has 0 unspecified atom stereocenters. The van der Waals surface area contributed by atoms with Gasteiger partial charge in [0.1, 0.15) is 5.41 Å². The first-order chi connectivity index (χ1) is 14.6. The minimum atomic E-state index is -0.965. The summed E-state index contributed by atoms with van der Waals surface area (Å²) in [6.45, 7) is 2.90. The van der Waals surface area contributed by atoms with Crippen molar-refractivity contribution in [1.29, 1.82) is 0 Å². The van der Waals surface area contributed by atoms with Gasteiger partial charge < -0.3 is 10.2 Å². The Morgan fingerprint density at radius 3 is 2.10 bits per heavy atom. The van der Waals surface area contributed by atoms with Gasteiger partial charge in [-0.05, 0) is 48.6 Å². The number of amides is 2. The molecule has 30 heavy (non-hydrogen) atoms. The quantitative estimate of drug-likeness (QED) is 0.590. The molecule has 1 aliphatic rings. The summed E-state index contributed by atoms with van der Waals surface area (Å²) in [6.07, 6.45) is 1.17. The molecule has 4 rings (SSSR count). The standard InChI is InChI=1S/C26H26N2O2/c1-20-10-8-9-13-22(20)18-27-24(29)26(16-17-26)25(30)28(23-14-6-3-7-15-23)19-21-11-4-2-5-12-21/h2-15H,16-19H2,1H3,(H,27,29). The monoisotopic (exact) mass is 398 g/mol. The first kappa shape index (κ1) is 19.9. The summed E-state index contributed by atoms with van der Waals surface area (Å²) in [7, 11) is 0. The molecule has 0 spiro atoms. The normalized spacial score (nSPS) is 14.0. The summed E-state index contributed by atoms with van der Waals surface area (Å²) < 4.78 is 0. The largest absolute Gasteiger partial charge is 0.351 e. The number of carbonyl (C=O) groups is 2. The summed E-state index contributed by atoms with van der Waals surface area (Å²) in [5.41, 5.74) is 3.07. The molecule has 0 heterocycles. The van der Waals surface area contributed by atoms with Crippen LogP contribution in [0.4, 0.5) is 5.69 Å². The van der Waals surface area contributed by atoms with Crippen molar-refractivity contribution >= 4 is 17.5 Å². The van der Waals surface area contributed by atoms with Gasteiger partial charge in [0.2, 0.25) is 11.8 Å². The second kappa shape index (κ2) is 8.54. The molecule has 0 bridgehead atoms. The van der Waals surface area contributed by atoms with Gasteiger partial charge >= 0.3 is 0 Å². The minimum absolute atomic E-state index is 0.125. The molecular weight excluding hydrogens is 372 g/mol. The van der Waals surface area contributed by atoms with Crippen LogP contribution in [-0.2, 0) is 22.7 Å². The highest BCUT2D eigenvalue weighted by molar-refractivity contribution is 6.14. The fourth-order valence-electron chi connectivity index (χ4n) is 3.73. The van der Waals surface area contributed by atoms with Gasteiger partial charge in [-0.2, -0.15) is 0 Å². The Kier molecular flexibility index (Phi) is 5.66. The number of anilines is 1. The lowest BCUT2D eigenvalue weighted by molar-refractivity contribution is -0.135. The van der Waals surface area contributed by atoms with E-state index in [9.17, 15) is 9.59 Å². The molecule has 0 saturated heterocycles. The number of aryl methyl sites for hydroxylation is 1. The number of nitrogens with zero attached hydrogens (tertiary/aromatic N) is 1.